The predicted octanol–water partition coefficient (Wildman–Crippen LogP) is 1.26. The molecule has 0 bridgehead atoms. The molecule has 1 saturated heterocycles. The fraction of sp³-hybridized carbons (Fsp3) is 0.368. The minimum absolute atomic E-state index is 0.0685. The molecule has 1 fully saturated rings. The van der Waals surface area contributed by atoms with Crippen molar-refractivity contribution in [3.8, 4) is 5.75 Å². The molecule has 0 spiro atoms. The van der Waals surface area contributed by atoms with E-state index < -0.39 is 14.9 Å². The van der Waals surface area contributed by atoms with Gasteiger partial charge in [-0.1, -0.05) is 0 Å². The van der Waals surface area contributed by atoms with Crippen molar-refractivity contribution in [1.82, 2.24) is 4.31 Å². The molecule has 3 rings (SSSR count). The minimum Gasteiger partial charge on any atom is -0.494 e. The molecule has 0 atom stereocenters. The highest BCUT2D eigenvalue weighted by atomic mass is 32.2. The Kier molecular flexibility index (Phi) is 6.36. The van der Waals surface area contributed by atoms with Crippen molar-refractivity contribution in [1.29, 1.82) is 0 Å². The van der Waals surface area contributed by atoms with E-state index in [9.17, 15) is 18.5 Å². The normalized spacial score (nSPS) is 15.8. The quantitative estimate of drug-likeness (QED) is 0.515. The summed E-state index contributed by atoms with van der Waals surface area (Å²) in [5.41, 5.74) is 0.565. The molecule has 1 aliphatic heterocycles. The molecule has 2 aromatic carbocycles. The minimum atomic E-state index is -3.77. The maximum atomic E-state index is 12.9. The van der Waals surface area contributed by atoms with Gasteiger partial charge in [0.25, 0.3) is 5.69 Å². The van der Waals surface area contributed by atoms with Gasteiger partial charge in [0.05, 0.1) is 49.7 Å². The van der Waals surface area contributed by atoms with Crippen molar-refractivity contribution in [3.63, 3.8) is 0 Å². The highest BCUT2D eigenvalue weighted by Gasteiger charge is 2.31. The van der Waals surface area contributed by atoms with E-state index in [4.69, 9.17) is 4.74 Å². The van der Waals surface area contributed by atoms with Crippen LogP contribution in [-0.2, 0) is 10.0 Å². The molecule has 2 aromatic rings. The number of nitrogens with zero attached hydrogens (tertiary/aromatic N) is 2. The first kappa shape index (κ1) is 21.0. The van der Waals surface area contributed by atoms with Crippen LogP contribution in [-0.4, -0.2) is 57.5 Å². The third-order valence-corrected chi connectivity index (χ3v) is 6.72. The molecule has 0 aromatic heterocycles. The van der Waals surface area contributed by atoms with E-state index in [0.717, 1.165) is 6.07 Å². The Balaban J connectivity index is 1.86. The first-order chi connectivity index (χ1) is 13.8. The van der Waals surface area contributed by atoms with Crippen molar-refractivity contribution >= 4 is 27.1 Å². The predicted molar refractivity (Wildman–Crippen MR) is 109 cm³/mol. The molecule has 29 heavy (non-hydrogen) atoms. The first-order valence-electron chi connectivity index (χ1n) is 9.41. The standard InChI is InChI=1S/C19H24N4O5S/c1-3-28-16-6-4-15(5-7-16)20-18-9-8-17(14-19(18)23(24)25)29(26,27)22-12-10-21(2)11-13-22/h4-9,14,20H,3,10-13H2,1-2H3/p+1. The van der Waals surface area contributed by atoms with Crippen LogP contribution in [0, 0.1) is 10.1 Å². The summed E-state index contributed by atoms with van der Waals surface area (Å²) in [6.07, 6.45) is 0. The zero-order valence-corrected chi connectivity index (χ0v) is 17.2. The zero-order chi connectivity index (χ0) is 21.0. The maximum absolute atomic E-state index is 12.9. The summed E-state index contributed by atoms with van der Waals surface area (Å²) in [6.45, 7) is 4.64. The molecular formula is C19H25N4O5S+. The summed E-state index contributed by atoms with van der Waals surface area (Å²) >= 11 is 0. The highest BCUT2D eigenvalue weighted by Crippen LogP contribution is 2.31. The second kappa shape index (κ2) is 8.76. The number of hydrogen-bond donors (Lipinski definition) is 2. The molecule has 2 N–H and O–H groups in total. The third kappa shape index (κ3) is 4.84. The summed E-state index contributed by atoms with van der Waals surface area (Å²) in [4.78, 5) is 12.2. The van der Waals surface area contributed by atoms with Crippen LogP contribution in [0.1, 0.15) is 6.92 Å². The number of hydrogen-bond acceptors (Lipinski definition) is 6. The number of quaternary nitrogens is 1. The van der Waals surface area contributed by atoms with Crippen LogP contribution in [0.25, 0.3) is 0 Å². The number of rotatable bonds is 7. The van der Waals surface area contributed by atoms with Crippen LogP contribution in [0.15, 0.2) is 47.4 Å². The van der Waals surface area contributed by atoms with Gasteiger partial charge in [-0.2, -0.15) is 4.31 Å². The fourth-order valence-corrected chi connectivity index (χ4v) is 4.60. The fourth-order valence-electron chi connectivity index (χ4n) is 3.14. The lowest BCUT2D eigenvalue weighted by Gasteiger charge is -2.29. The van der Waals surface area contributed by atoms with E-state index in [-0.39, 0.29) is 16.3 Å². The van der Waals surface area contributed by atoms with Crippen molar-refractivity contribution in [2.24, 2.45) is 0 Å². The lowest BCUT2D eigenvalue weighted by Crippen LogP contribution is -3.12. The smallest absolute Gasteiger partial charge is 0.294 e. The maximum Gasteiger partial charge on any atom is 0.294 e. The molecule has 1 aliphatic rings. The van der Waals surface area contributed by atoms with Gasteiger partial charge in [0.1, 0.15) is 11.4 Å². The summed E-state index contributed by atoms with van der Waals surface area (Å²) in [7, 11) is -1.76. The van der Waals surface area contributed by atoms with Crippen LogP contribution >= 0.6 is 0 Å². The zero-order valence-electron chi connectivity index (χ0n) is 16.4. The second-order valence-electron chi connectivity index (χ2n) is 6.88. The number of anilines is 2. The molecule has 0 unspecified atom stereocenters. The molecule has 10 heteroatoms. The molecule has 0 amide bonds. The molecule has 0 aliphatic carbocycles. The largest absolute Gasteiger partial charge is 0.494 e. The van der Waals surface area contributed by atoms with E-state index in [1.54, 1.807) is 24.3 Å². The average Bonchev–Trinajstić information content (AvgIpc) is 2.70. The molecule has 156 valence electrons. The van der Waals surface area contributed by atoms with Gasteiger partial charge in [-0.15, -0.1) is 0 Å². The molecule has 9 nitrogen and oxygen atoms in total. The van der Waals surface area contributed by atoms with Crippen LogP contribution in [0.5, 0.6) is 5.75 Å². The molecule has 0 radical (unpaired) electrons. The van der Waals surface area contributed by atoms with Crippen molar-refractivity contribution in [3.05, 3.63) is 52.6 Å². The number of piperazine rings is 1. The lowest BCUT2D eigenvalue weighted by atomic mass is 10.2. The summed E-state index contributed by atoms with van der Waals surface area (Å²) in [6, 6.07) is 11.0. The summed E-state index contributed by atoms with van der Waals surface area (Å²) in [5.74, 6) is 0.697. The van der Waals surface area contributed by atoms with Gasteiger partial charge in [-0.3, -0.25) is 10.1 Å². The van der Waals surface area contributed by atoms with Crippen molar-refractivity contribution in [2.45, 2.75) is 11.8 Å². The van der Waals surface area contributed by atoms with E-state index in [1.165, 1.54) is 21.3 Å². The van der Waals surface area contributed by atoms with Gasteiger partial charge in [0.15, 0.2) is 0 Å². The number of nitro groups is 1. The summed E-state index contributed by atoms with van der Waals surface area (Å²) in [5, 5.41) is 14.6. The number of nitro benzene ring substituents is 1. The Morgan fingerprint density at radius 3 is 2.41 bits per heavy atom. The van der Waals surface area contributed by atoms with Gasteiger partial charge < -0.3 is 15.0 Å². The van der Waals surface area contributed by atoms with Gasteiger partial charge in [0, 0.05) is 11.8 Å². The van der Waals surface area contributed by atoms with Crippen molar-refractivity contribution in [2.75, 3.05) is 45.2 Å². The molecular weight excluding hydrogens is 396 g/mol. The van der Waals surface area contributed by atoms with Gasteiger partial charge >= 0.3 is 0 Å². The van der Waals surface area contributed by atoms with Gasteiger partial charge in [0.2, 0.25) is 10.0 Å². The Hall–Kier alpha value is -2.69. The SMILES string of the molecule is CCOc1ccc(Nc2ccc(S(=O)(=O)N3CC[NH+](C)CC3)cc2[N+](=O)[O-])cc1. The topological polar surface area (TPSA) is 106 Å². The second-order valence-corrected chi connectivity index (χ2v) is 8.82. The first-order valence-corrected chi connectivity index (χ1v) is 10.8. The van der Waals surface area contributed by atoms with E-state index in [1.807, 2.05) is 14.0 Å². The monoisotopic (exact) mass is 421 g/mol. The van der Waals surface area contributed by atoms with Crippen molar-refractivity contribution < 1.29 is 23.0 Å². The van der Waals surface area contributed by atoms with E-state index in [2.05, 4.69) is 5.32 Å². The average molecular weight is 421 g/mol. The third-order valence-electron chi connectivity index (χ3n) is 4.82. The number of ether oxygens (including phenoxy) is 1. The van der Waals surface area contributed by atoms with Crippen LogP contribution in [0.4, 0.5) is 17.1 Å². The van der Waals surface area contributed by atoms with Crippen LogP contribution < -0.4 is 15.0 Å². The Bertz CT molecular complexity index is 971. The summed E-state index contributed by atoms with van der Waals surface area (Å²) < 4.78 is 32.6. The molecule has 0 saturated carbocycles. The van der Waals surface area contributed by atoms with E-state index >= 15 is 0 Å². The Morgan fingerprint density at radius 2 is 1.83 bits per heavy atom. The highest BCUT2D eigenvalue weighted by molar-refractivity contribution is 7.89. The number of likely N-dealkylation sites (N-methyl/N-ethyl adjacent to an activating group) is 1. The Labute approximate surface area is 170 Å². The number of nitrogens with one attached hydrogen (secondary N) is 2. The Morgan fingerprint density at radius 1 is 1.17 bits per heavy atom. The van der Waals surface area contributed by atoms with Crippen LogP contribution in [0.3, 0.4) is 0 Å². The number of benzene rings is 2. The van der Waals surface area contributed by atoms with Gasteiger partial charge in [-0.05, 0) is 43.3 Å². The van der Waals surface area contributed by atoms with Gasteiger partial charge in [-0.25, -0.2) is 8.42 Å². The molecule has 1 heterocycles. The number of sulfonamides is 1. The van der Waals surface area contributed by atoms with E-state index in [0.29, 0.717) is 44.2 Å². The lowest BCUT2D eigenvalue weighted by molar-refractivity contribution is -0.883. The van der Waals surface area contributed by atoms with Crippen LogP contribution in [0.2, 0.25) is 0 Å².